The van der Waals surface area contributed by atoms with Crippen molar-refractivity contribution in [3.63, 3.8) is 0 Å². The number of nitrogens with one attached hydrogen (secondary N) is 1. The maximum absolute atomic E-state index is 9.68. The van der Waals surface area contributed by atoms with E-state index in [0.717, 1.165) is 16.7 Å². The van der Waals surface area contributed by atoms with Gasteiger partial charge < -0.3 is 0 Å². The molecular weight excluding hydrogens is 292 g/mol. The molecule has 3 aromatic carbocycles. The maximum atomic E-state index is 9.68. The Labute approximate surface area is 143 Å². The van der Waals surface area contributed by atoms with Crippen LogP contribution in [0.1, 0.15) is 34.3 Å². The SMILES string of the molecule is Cc1ccc([C@@H](C#N)NC(c2ccccc2)c2ccccc2)cc1. The minimum Gasteiger partial charge on any atom is -0.287 e. The van der Waals surface area contributed by atoms with Crippen LogP contribution >= 0.6 is 0 Å². The van der Waals surface area contributed by atoms with Crippen molar-refractivity contribution < 1.29 is 0 Å². The average Bonchev–Trinajstić information content (AvgIpc) is 2.65. The summed E-state index contributed by atoms with van der Waals surface area (Å²) >= 11 is 0. The second kappa shape index (κ2) is 7.59. The first-order valence-corrected chi connectivity index (χ1v) is 8.10. The highest BCUT2D eigenvalue weighted by atomic mass is 15.0. The van der Waals surface area contributed by atoms with E-state index in [4.69, 9.17) is 0 Å². The van der Waals surface area contributed by atoms with E-state index < -0.39 is 0 Å². The average molecular weight is 312 g/mol. The summed E-state index contributed by atoms with van der Waals surface area (Å²) in [6.07, 6.45) is 0. The van der Waals surface area contributed by atoms with Gasteiger partial charge in [0, 0.05) is 0 Å². The third-order valence-electron chi connectivity index (χ3n) is 4.14. The molecule has 0 bridgehead atoms. The molecule has 0 amide bonds. The van der Waals surface area contributed by atoms with Crippen LogP contribution in [0.15, 0.2) is 84.9 Å². The maximum Gasteiger partial charge on any atom is 0.122 e. The van der Waals surface area contributed by atoms with Gasteiger partial charge in [0.15, 0.2) is 0 Å². The normalized spacial score (nSPS) is 11.9. The summed E-state index contributed by atoms with van der Waals surface area (Å²) in [5.74, 6) is 0. The molecule has 24 heavy (non-hydrogen) atoms. The molecule has 0 unspecified atom stereocenters. The number of hydrogen-bond acceptors (Lipinski definition) is 2. The predicted molar refractivity (Wildman–Crippen MR) is 97.4 cm³/mol. The lowest BCUT2D eigenvalue weighted by atomic mass is 9.96. The van der Waals surface area contributed by atoms with Crippen LogP contribution in [0.5, 0.6) is 0 Å². The van der Waals surface area contributed by atoms with E-state index in [-0.39, 0.29) is 12.1 Å². The first-order valence-electron chi connectivity index (χ1n) is 8.10. The summed E-state index contributed by atoms with van der Waals surface area (Å²) in [6.45, 7) is 2.05. The third-order valence-corrected chi connectivity index (χ3v) is 4.14. The molecule has 0 saturated carbocycles. The van der Waals surface area contributed by atoms with Gasteiger partial charge in [-0.3, -0.25) is 5.32 Å². The van der Waals surface area contributed by atoms with Crippen LogP contribution in [0.2, 0.25) is 0 Å². The molecule has 118 valence electrons. The minimum absolute atomic E-state index is 0.0293. The first-order chi connectivity index (χ1) is 11.8. The zero-order valence-electron chi connectivity index (χ0n) is 13.7. The predicted octanol–water partition coefficient (Wildman–Crippen LogP) is 4.94. The van der Waals surface area contributed by atoms with E-state index in [9.17, 15) is 5.26 Å². The molecule has 0 aromatic heterocycles. The second-order valence-electron chi connectivity index (χ2n) is 5.89. The van der Waals surface area contributed by atoms with E-state index in [1.807, 2.05) is 60.7 Å². The van der Waals surface area contributed by atoms with E-state index in [1.165, 1.54) is 5.56 Å². The molecule has 0 radical (unpaired) electrons. The van der Waals surface area contributed by atoms with Gasteiger partial charge in [0.2, 0.25) is 0 Å². The van der Waals surface area contributed by atoms with Crippen molar-refractivity contribution in [3.8, 4) is 6.07 Å². The van der Waals surface area contributed by atoms with E-state index in [2.05, 4.69) is 42.6 Å². The molecule has 0 heterocycles. The standard InChI is InChI=1S/C22H20N2/c1-17-12-14-18(15-13-17)21(16-23)24-22(19-8-4-2-5-9-19)20-10-6-3-7-11-20/h2-15,21-22,24H,1H3/t21-/m1/s1. The van der Waals surface area contributed by atoms with Crippen molar-refractivity contribution in [2.24, 2.45) is 0 Å². The summed E-state index contributed by atoms with van der Waals surface area (Å²) in [4.78, 5) is 0. The molecule has 1 N–H and O–H groups in total. The lowest BCUT2D eigenvalue weighted by Crippen LogP contribution is -2.26. The molecule has 2 heteroatoms. The van der Waals surface area contributed by atoms with E-state index in [1.54, 1.807) is 0 Å². The van der Waals surface area contributed by atoms with Crippen molar-refractivity contribution in [1.82, 2.24) is 5.32 Å². The van der Waals surface area contributed by atoms with E-state index in [0.29, 0.717) is 0 Å². The number of hydrogen-bond donors (Lipinski definition) is 1. The molecule has 0 fully saturated rings. The molecule has 1 atom stereocenters. The summed E-state index contributed by atoms with van der Waals surface area (Å²) < 4.78 is 0. The third kappa shape index (κ3) is 3.71. The summed E-state index contributed by atoms with van der Waals surface area (Å²) in [5.41, 5.74) is 4.48. The monoisotopic (exact) mass is 312 g/mol. The number of nitriles is 1. The zero-order valence-corrected chi connectivity index (χ0v) is 13.7. The highest BCUT2D eigenvalue weighted by Gasteiger charge is 2.19. The summed E-state index contributed by atoms with van der Waals surface area (Å²) in [6, 6.07) is 30.6. The van der Waals surface area contributed by atoms with Crippen molar-refractivity contribution in [2.75, 3.05) is 0 Å². The topological polar surface area (TPSA) is 35.8 Å². The molecule has 2 nitrogen and oxygen atoms in total. The molecule has 3 rings (SSSR count). The Morgan fingerprint density at radius 3 is 1.67 bits per heavy atom. The van der Waals surface area contributed by atoms with Crippen LogP contribution in [0, 0.1) is 18.3 Å². The highest BCUT2D eigenvalue weighted by molar-refractivity contribution is 5.34. The number of aryl methyl sites for hydroxylation is 1. The first kappa shape index (κ1) is 16.0. The van der Waals surface area contributed by atoms with Gasteiger partial charge in [-0.1, -0.05) is 90.5 Å². The van der Waals surface area contributed by atoms with Gasteiger partial charge in [-0.05, 0) is 23.6 Å². The fourth-order valence-electron chi connectivity index (χ4n) is 2.81. The van der Waals surface area contributed by atoms with Gasteiger partial charge in [-0.25, -0.2) is 0 Å². The van der Waals surface area contributed by atoms with Crippen molar-refractivity contribution in [1.29, 1.82) is 5.26 Å². The highest BCUT2D eigenvalue weighted by Crippen LogP contribution is 2.26. The van der Waals surface area contributed by atoms with Crippen LogP contribution in [-0.4, -0.2) is 0 Å². The second-order valence-corrected chi connectivity index (χ2v) is 5.89. The Morgan fingerprint density at radius 1 is 0.708 bits per heavy atom. The van der Waals surface area contributed by atoms with Crippen molar-refractivity contribution in [2.45, 2.75) is 19.0 Å². The van der Waals surface area contributed by atoms with Crippen molar-refractivity contribution >= 4 is 0 Å². The van der Waals surface area contributed by atoms with Gasteiger partial charge in [0.1, 0.15) is 6.04 Å². The van der Waals surface area contributed by atoms with Crippen LogP contribution in [0.4, 0.5) is 0 Å². The van der Waals surface area contributed by atoms with Crippen LogP contribution in [-0.2, 0) is 0 Å². The number of nitrogens with zero attached hydrogens (tertiary/aromatic N) is 1. The Kier molecular flexibility index (Phi) is 5.05. The van der Waals surface area contributed by atoms with Gasteiger partial charge >= 0.3 is 0 Å². The summed E-state index contributed by atoms with van der Waals surface area (Å²) in [7, 11) is 0. The smallest absolute Gasteiger partial charge is 0.122 e. The quantitative estimate of drug-likeness (QED) is 0.724. The molecule has 0 aliphatic rings. The Balaban J connectivity index is 1.94. The molecule has 0 aliphatic heterocycles. The molecule has 0 saturated heterocycles. The Hall–Kier alpha value is -2.89. The number of benzene rings is 3. The Morgan fingerprint density at radius 2 is 1.21 bits per heavy atom. The Bertz CT molecular complexity index is 763. The largest absolute Gasteiger partial charge is 0.287 e. The molecule has 3 aromatic rings. The van der Waals surface area contributed by atoms with Crippen LogP contribution < -0.4 is 5.32 Å². The number of rotatable bonds is 5. The lowest BCUT2D eigenvalue weighted by Gasteiger charge is -2.23. The van der Waals surface area contributed by atoms with Gasteiger partial charge in [-0.15, -0.1) is 0 Å². The van der Waals surface area contributed by atoms with Crippen molar-refractivity contribution in [3.05, 3.63) is 107 Å². The lowest BCUT2D eigenvalue weighted by molar-refractivity contribution is 0.559. The fraction of sp³-hybridized carbons (Fsp3) is 0.136. The van der Waals surface area contributed by atoms with Gasteiger partial charge in [0.25, 0.3) is 0 Å². The zero-order chi connectivity index (χ0) is 16.8. The van der Waals surface area contributed by atoms with E-state index >= 15 is 0 Å². The molecule has 0 aliphatic carbocycles. The molecule has 0 spiro atoms. The van der Waals surface area contributed by atoms with Crippen LogP contribution in [0.25, 0.3) is 0 Å². The molecular formula is C22H20N2. The minimum atomic E-state index is -0.365. The van der Waals surface area contributed by atoms with Crippen LogP contribution in [0.3, 0.4) is 0 Å². The fourth-order valence-corrected chi connectivity index (χ4v) is 2.81. The van der Waals surface area contributed by atoms with Gasteiger partial charge in [-0.2, -0.15) is 5.26 Å². The summed E-state index contributed by atoms with van der Waals surface area (Å²) in [5, 5.41) is 13.2. The van der Waals surface area contributed by atoms with Gasteiger partial charge in [0.05, 0.1) is 12.1 Å².